The summed E-state index contributed by atoms with van der Waals surface area (Å²) in [6, 6.07) is 11.2. The van der Waals surface area contributed by atoms with Crippen molar-refractivity contribution in [1.29, 1.82) is 0 Å². The Kier molecular flexibility index (Phi) is 3.78. The van der Waals surface area contributed by atoms with Gasteiger partial charge in [-0.2, -0.15) is 0 Å². The fourth-order valence-electron chi connectivity index (χ4n) is 2.66. The highest BCUT2D eigenvalue weighted by Crippen LogP contribution is 2.36. The van der Waals surface area contributed by atoms with Crippen LogP contribution in [-0.4, -0.2) is 29.2 Å². The molecule has 0 radical (unpaired) electrons. The summed E-state index contributed by atoms with van der Waals surface area (Å²) >= 11 is 0. The molecule has 0 unspecified atom stereocenters. The second-order valence-electron chi connectivity index (χ2n) is 5.36. The lowest BCUT2D eigenvalue weighted by Gasteiger charge is -2.12. The summed E-state index contributed by atoms with van der Waals surface area (Å²) in [6.07, 6.45) is 5.06. The van der Waals surface area contributed by atoms with Gasteiger partial charge in [0.2, 0.25) is 0 Å². The van der Waals surface area contributed by atoms with Crippen LogP contribution in [0.1, 0.15) is 0 Å². The van der Waals surface area contributed by atoms with E-state index in [1.807, 2.05) is 36.4 Å². The first kappa shape index (κ1) is 15.1. The number of benzene rings is 1. The summed E-state index contributed by atoms with van der Waals surface area (Å²) in [5.41, 5.74) is 1.44. The highest BCUT2D eigenvalue weighted by atomic mass is 16.5. The number of pyridine rings is 3. The van der Waals surface area contributed by atoms with Crippen LogP contribution in [0.25, 0.3) is 21.9 Å². The van der Waals surface area contributed by atoms with E-state index in [-0.39, 0.29) is 0 Å². The summed E-state index contributed by atoms with van der Waals surface area (Å²) in [6.45, 7) is 0. The van der Waals surface area contributed by atoms with Crippen molar-refractivity contribution < 1.29 is 14.2 Å². The Hall–Kier alpha value is -3.41. The van der Waals surface area contributed by atoms with Gasteiger partial charge in [0.15, 0.2) is 17.1 Å². The molecule has 0 bridgehead atoms. The van der Waals surface area contributed by atoms with E-state index in [4.69, 9.17) is 14.2 Å². The summed E-state index contributed by atoms with van der Waals surface area (Å²) in [5.74, 6) is 2.53. The van der Waals surface area contributed by atoms with E-state index in [0.29, 0.717) is 28.6 Å². The van der Waals surface area contributed by atoms with E-state index in [9.17, 15) is 0 Å². The Balaban J connectivity index is 1.79. The molecule has 6 heteroatoms. The minimum Gasteiger partial charge on any atom is -0.493 e. The van der Waals surface area contributed by atoms with Crippen molar-refractivity contribution in [3.8, 4) is 23.0 Å². The van der Waals surface area contributed by atoms with Crippen LogP contribution in [0.5, 0.6) is 23.0 Å². The number of fused-ring (bicyclic) bond motifs is 2. The van der Waals surface area contributed by atoms with Gasteiger partial charge in [0.25, 0.3) is 0 Å². The van der Waals surface area contributed by atoms with Crippen molar-refractivity contribution in [1.82, 2.24) is 15.0 Å². The minimum atomic E-state index is 0.619. The first-order chi connectivity index (χ1) is 12.3. The first-order valence-corrected chi connectivity index (χ1v) is 7.68. The van der Waals surface area contributed by atoms with Crippen LogP contribution >= 0.6 is 0 Å². The lowest BCUT2D eigenvalue weighted by atomic mass is 10.2. The molecule has 6 nitrogen and oxygen atoms in total. The molecule has 0 fully saturated rings. The number of aromatic nitrogens is 3. The van der Waals surface area contributed by atoms with Crippen molar-refractivity contribution in [2.24, 2.45) is 0 Å². The van der Waals surface area contributed by atoms with Crippen LogP contribution in [0.4, 0.5) is 0 Å². The lowest BCUT2D eigenvalue weighted by molar-refractivity contribution is 0.355. The van der Waals surface area contributed by atoms with Crippen molar-refractivity contribution in [2.75, 3.05) is 14.2 Å². The van der Waals surface area contributed by atoms with E-state index < -0.39 is 0 Å². The fourth-order valence-corrected chi connectivity index (χ4v) is 2.66. The molecule has 3 heterocycles. The maximum absolute atomic E-state index is 6.05. The zero-order chi connectivity index (χ0) is 17.2. The van der Waals surface area contributed by atoms with Crippen molar-refractivity contribution in [2.45, 2.75) is 0 Å². The van der Waals surface area contributed by atoms with Crippen LogP contribution in [-0.2, 0) is 0 Å². The van der Waals surface area contributed by atoms with Crippen LogP contribution in [0.15, 0.2) is 55.0 Å². The Bertz CT molecular complexity index is 1070. The second kappa shape index (κ2) is 6.24. The summed E-state index contributed by atoms with van der Waals surface area (Å²) in [7, 11) is 3.19. The number of hydrogen-bond donors (Lipinski definition) is 0. The molecule has 25 heavy (non-hydrogen) atoms. The van der Waals surface area contributed by atoms with E-state index in [1.54, 1.807) is 32.8 Å². The predicted octanol–water partition coefficient (Wildman–Crippen LogP) is 3.99. The monoisotopic (exact) mass is 333 g/mol. The van der Waals surface area contributed by atoms with Gasteiger partial charge in [0, 0.05) is 29.2 Å². The molecule has 3 aromatic heterocycles. The zero-order valence-corrected chi connectivity index (χ0v) is 13.8. The average Bonchev–Trinajstić information content (AvgIpc) is 2.67. The molecular formula is C19H15N3O3. The van der Waals surface area contributed by atoms with E-state index in [2.05, 4.69) is 15.0 Å². The standard InChI is InChI=1S/C19H15N3O3/c1-23-17-9-14-15(10-18(17)24-2)20-7-5-16(14)25-13-8-12-4-3-6-21-19(12)22-11-13/h3-11H,1-2H3. The van der Waals surface area contributed by atoms with Gasteiger partial charge in [-0.15, -0.1) is 0 Å². The molecule has 1 aromatic carbocycles. The van der Waals surface area contributed by atoms with Gasteiger partial charge in [0.1, 0.15) is 11.5 Å². The van der Waals surface area contributed by atoms with Crippen LogP contribution < -0.4 is 14.2 Å². The molecule has 0 aliphatic carbocycles. The minimum absolute atomic E-state index is 0.619. The SMILES string of the molecule is COc1cc2nccc(Oc3cnc4ncccc4c3)c2cc1OC. The summed E-state index contributed by atoms with van der Waals surface area (Å²) in [4.78, 5) is 12.9. The summed E-state index contributed by atoms with van der Waals surface area (Å²) < 4.78 is 16.8. The Morgan fingerprint density at radius 1 is 0.800 bits per heavy atom. The van der Waals surface area contributed by atoms with Gasteiger partial charge in [-0.1, -0.05) is 0 Å². The third-order valence-electron chi connectivity index (χ3n) is 3.86. The number of methoxy groups -OCH3 is 2. The second-order valence-corrected chi connectivity index (χ2v) is 5.36. The molecule has 0 atom stereocenters. The number of rotatable bonds is 4. The largest absolute Gasteiger partial charge is 0.493 e. The third kappa shape index (κ3) is 2.78. The van der Waals surface area contributed by atoms with Crippen LogP contribution in [0.2, 0.25) is 0 Å². The topological polar surface area (TPSA) is 66.4 Å². The fraction of sp³-hybridized carbons (Fsp3) is 0.105. The Labute approximate surface area is 144 Å². The maximum atomic E-state index is 6.05. The van der Waals surface area contributed by atoms with Gasteiger partial charge < -0.3 is 14.2 Å². The molecule has 4 rings (SSSR count). The number of nitrogens with zero attached hydrogens (tertiary/aromatic N) is 3. The molecule has 124 valence electrons. The molecule has 0 aliphatic heterocycles. The highest BCUT2D eigenvalue weighted by molar-refractivity contribution is 5.88. The smallest absolute Gasteiger partial charge is 0.162 e. The van der Waals surface area contributed by atoms with Crippen molar-refractivity contribution in [3.63, 3.8) is 0 Å². The van der Waals surface area contributed by atoms with Crippen LogP contribution in [0, 0.1) is 0 Å². The maximum Gasteiger partial charge on any atom is 0.162 e. The molecule has 0 saturated carbocycles. The average molecular weight is 333 g/mol. The molecule has 4 aromatic rings. The first-order valence-electron chi connectivity index (χ1n) is 7.68. The van der Waals surface area contributed by atoms with Crippen LogP contribution in [0.3, 0.4) is 0 Å². The molecule has 0 aliphatic rings. The lowest BCUT2D eigenvalue weighted by Crippen LogP contribution is -1.93. The molecular weight excluding hydrogens is 318 g/mol. The summed E-state index contributed by atoms with van der Waals surface area (Å²) in [5, 5.41) is 1.74. The molecule has 0 amide bonds. The van der Waals surface area contributed by atoms with Gasteiger partial charge in [0.05, 0.1) is 25.9 Å². The van der Waals surface area contributed by atoms with E-state index in [1.165, 1.54) is 0 Å². The van der Waals surface area contributed by atoms with Gasteiger partial charge in [-0.25, -0.2) is 9.97 Å². The molecule has 0 N–H and O–H groups in total. The predicted molar refractivity (Wildman–Crippen MR) is 94.5 cm³/mol. The van der Waals surface area contributed by atoms with Gasteiger partial charge in [-0.05, 0) is 30.3 Å². The Morgan fingerprint density at radius 2 is 1.64 bits per heavy atom. The molecule has 0 spiro atoms. The molecule has 0 saturated heterocycles. The number of ether oxygens (including phenoxy) is 3. The van der Waals surface area contributed by atoms with E-state index >= 15 is 0 Å². The number of hydrogen-bond acceptors (Lipinski definition) is 6. The van der Waals surface area contributed by atoms with Gasteiger partial charge in [-0.3, -0.25) is 4.98 Å². The van der Waals surface area contributed by atoms with E-state index in [0.717, 1.165) is 16.3 Å². The normalized spacial score (nSPS) is 10.8. The van der Waals surface area contributed by atoms with Crippen molar-refractivity contribution >= 4 is 21.9 Å². The van der Waals surface area contributed by atoms with Gasteiger partial charge >= 0.3 is 0 Å². The third-order valence-corrected chi connectivity index (χ3v) is 3.86. The quantitative estimate of drug-likeness (QED) is 0.562. The van der Waals surface area contributed by atoms with Crippen molar-refractivity contribution in [3.05, 3.63) is 55.0 Å². The zero-order valence-electron chi connectivity index (χ0n) is 13.8. The Morgan fingerprint density at radius 3 is 2.48 bits per heavy atom. The highest BCUT2D eigenvalue weighted by Gasteiger charge is 2.11.